The van der Waals surface area contributed by atoms with Crippen molar-refractivity contribution in [3.63, 3.8) is 0 Å². The fourth-order valence-corrected chi connectivity index (χ4v) is 2.04. The standard InChI is InChI=1S/C10H10BrN3/c1-10(6-12)2-7(3-10)9-13-4-8(11)5-14-9/h4-5,7H,2-3H2,1H3. The lowest BCUT2D eigenvalue weighted by atomic mass is 9.64. The Hall–Kier alpha value is -0.950. The van der Waals surface area contributed by atoms with Crippen molar-refractivity contribution < 1.29 is 0 Å². The Bertz CT molecular complexity index is 373. The third kappa shape index (κ3) is 1.64. The third-order valence-electron chi connectivity index (χ3n) is 2.67. The van der Waals surface area contributed by atoms with E-state index < -0.39 is 0 Å². The Kier molecular flexibility index (Phi) is 2.28. The molecule has 1 aliphatic rings. The SMILES string of the molecule is CC1(C#N)CC(c2ncc(Br)cn2)C1. The van der Waals surface area contributed by atoms with Crippen molar-refractivity contribution in [2.45, 2.75) is 25.7 Å². The second-order valence-corrected chi connectivity index (χ2v) is 4.95. The summed E-state index contributed by atoms with van der Waals surface area (Å²) in [4.78, 5) is 8.47. The van der Waals surface area contributed by atoms with E-state index >= 15 is 0 Å². The molecule has 0 amide bonds. The van der Waals surface area contributed by atoms with Crippen LogP contribution in [0.1, 0.15) is 31.5 Å². The van der Waals surface area contributed by atoms with Gasteiger partial charge in [-0.1, -0.05) is 0 Å². The second-order valence-electron chi connectivity index (χ2n) is 4.04. The maximum Gasteiger partial charge on any atom is 0.131 e. The summed E-state index contributed by atoms with van der Waals surface area (Å²) in [5, 5.41) is 8.86. The zero-order chi connectivity index (χ0) is 10.2. The lowest BCUT2D eigenvalue weighted by Crippen LogP contribution is -2.32. The topological polar surface area (TPSA) is 49.6 Å². The van der Waals surface area contributed by atoms with E-state index in [0.29, 0.717) is 5.92 Å². The lowest BCUT2D eigenvalue weighted by molar-refractivity contribution is 0.192. The summed E-state index contributed by atoms with van der Waals surface area (Å²) in [5.74, 6) is 1.23. The Labute approximate surface area is 91.3 Å². The fourth-order valence-electron chi connectivity index (χ4n) is 1.83. The van der Waals surface area contributed by atoms with Crippen molar-refractivity contribution >= 4 is 15.9 Å². The van der Waals surface area contributed by atoms with Gasteiger partial charge in [-0.2, -0.15) is 5.26 Å². The van der Waals surface area contributed by atoms with E-state index in [0.717, 1.165) is 23.1 Å². The van der Waals surface area contributed by atoms with Gasteiger partial charge in [0.1, 0.15) is 5.82 Å². The van der Waals surface area contributed by atoms with Gasteiger partial charge in [0.25, 0.3) is 0 Å². The van der Waals surface area contributed by atoms with Gasteiger partial charge in [0, 0.05) is 18.3 Å². The molecule has 0 unspecified atom stereocenters. The number of halogens is 1. The van der Waals surface area contributed by atoms with E-state index in [9.17, 15) is 0 Å². The molecule has 0 aliphatic heterocycles. The van der Waals surface area contributed by atoms with Crippen LogP contribution in [0.25, 0.3) is 0 Å². The van der Waals surface area contributed by atoms with Crippen molar-refractivity contribution in [1.82, 2.24) is 9.97 Å². The largest absolute Gasteiger partial charge is 0.240 e. The van der Waals surface area contributed by atoms with Crippen molar-refractivity contribution in [2.24, 2.45) is 5.41 Å². The molecule has 0 radical (unpaired) electrons. The molecular formula is C10H10BrN3. The van der Waals surface area contributed by atoms with Crippen LogP contribution in [0.4, 0.5) is 0 Å². The van der Waals surface area contributed by atoms with Crippen LogP contribution >= 0.6 is 15.9 Å². The van der Waals surface area contributed by atoms with Crippen LogP contribution in [0.3, 0.4) is 0 Å². The van der Waals surface area contributed by atoms with Crippen LogP contribution in [-0.4, -0.2) is 9.97 Å². The molecule has 4 heteroatoms. The van der Waals surface area contributed by atoms with E-state index in [1.54, 1.807) is 12.4 Å². The molecule has 1 saturated carbocycles. The average molecular weight is 252 g/mol. The molecule has 1 heterocycles. The molecule has 1 aromatic heterocycles. The van der Waals surface area contributed by atoms with Crippen LogP contribution in [0.2, 0.25) is 0 Å². The zero-order valence-electron chi connectivity index (χ0n) is 7.87. The maximum atomic E-state index is 8.86. The number of nitrogens with zero attached hydrogens (tertiary/aromatic N) is 3. The molecule has 0 aromatic carbocycles. The van der Waals surface area contributed by atoms with Crippen molar-refractivity contribution in [1.29, 1.82) is 5.26 Å². The minimum absolute atomic E-state index is 0.152. The molecule has 0 saturated heterocycles. The quantitative estimate of drug-likeness (QED) is 0.771. The monoisotopic (exact) mass is 251 g/mol. The highest BCUT2D eigenvalue weighted by atomic mass is 79.9. The van der Waals surface area contributed by atoms with E-state index in [4.69, 9.17) is 5.26 Å². The molecule has 1 aliphatic carbocycles. The highest BCUT2D eigenvalue weighted by Crippen LogP contribution is 2.49. The van der Waals surface area contributed by atoms with Crippen LogP contribution in [-0.2, 0) is 0 Å². The smallest absolute Gasteiger partial charge is 0.131 e. The van der Waals surface area contributed by atoms with Gasteiger partial charge in [0.2, 0.25) is 0 Å². The van der Waals surface area contributed by atoms with Crippen LogP contribution in [0, 0.1) is 16.7 Å². The minimum Gasteiger partial charge on any atom is -0.240 e. The number of nitriles is 1. The Balaban J connectivity index is 2.07. The molecule has 0 atom stereocenters. The predicted octanol–water partition coefficient (Wildman–Crippen LogP) is 2.65. The van der Waals surface area contributed by atoms with Gasteiger partial charge in [-0.15, -0.1) is 0 Å². The summed E-state index contributed by atoms with van der Waals surface area (Å²) >= 11 is 3.29. The molecule has 14 heavy (non-hydrogen) atoms. The van der Waals surface area contributed by atoms with Gasteiger partial charge in [-0.25, -0.2) is 9.97 Å². The first-order chi connectivity index (χ1) is 6.63. The molecule has 0 bridgehead atoms. The molecular weight excluding hydrogens is 242 g/mol. The van der Waals surface area contributed by atoms with Gasteiger partial charge in [0.05, 0.1) is 16.0 Å². The highest BCUT2D eigenvalue weighted by Gasteiger charge is 2.42. The first-order valence-corrected chi connectivity index (χ1v) is 5.31. The summed E-state index contributed by atoms with van der Waals surface area (Å²) in [6.07, 6.45) is 5.27. The number of hydrogen-bond acceptors (Lipinski definition) is 3. The summed E-state index contributed by atoms with van der Waals surface area (Å²) in [7, 11) is 0. The van der Waals surface area contributed by atoms with Crippen LogP contribution in [0.5, 0.6) is 0 Å². The average Bonchev–Trinajstić information content (AvgIpc) is 2.15. The minimum atomic E-state index is -0.152. The first-order valence-electron chi connectivity index (χ1n) is 4.52. The summed E-state index contributed by atoms with van der Waals surface area (Å²) < 4.78 is 0.892. The van der Waals surface area contributed by atoms with Crippen molar-refractivity contribution in [3.8, 4) is 6.07 Å². The summed E-state index contributed by atoms with van der Waals surface area (Å²) in [6.45, 7) is 1.99. The molecule has 72 valence electrons. The molecule has 0 N–H and O–H groups in total. The van der Waals surface area contributed by atoms with Gasteiger partial charge in [-0.3, -0.25) is 0 Å². The molecule has 0 spiro atoms. The van der Waals surface area contributed by atoms with Crippen molar-refractivity contribution in [2.75, 3.05) is 0 Å². The number of rotatable bonds is 1. The zero-order valence-corrected chi connectivity index (χ0v) is 9.45. The Morgan fingerprint density at radius 2 is 2.07 bits per heavy atom. The number of hydrogen-bond donors (Lipinski definition) is 0. The Morgan fingerprint density at radius 3 is 2.57 bits per heavy atom. The Morgan fingerprint density at radius 1 is 1.50 bits per heavy atom. The summed E-state index contributed by atoms with van der Waals surface area (Å²) in [6, 6.07) is 2.32. The van der Waals surface area contributed by atoms with Gasteiger partial charge in [-0.05, 0) is 35.7 Å². The molecule has 1 fully saturated rings. The lowest BCUT2D eigenvalue weighted by Gasteiger charge is -2.38. The number of aromatic nitrogens is 2. The maximum absolute atomic E-state index is 8.86. The van der Waals surface area contributed by atoms with E-state index in [1.165, 1.54) is 0 Å². The van der Waals surface area contributed by atoms with Crippen LogP contribution < -0.4 is 0 Å². The second kappa shape index (κ2) is 3.32. The first kappa shape index (κ1) is 9.60. The third-order valence-corrected chi connectivity index (χ3v) is 3.08. The van der Waals surface area contributed by atoms with Crippen molar-refractivity contribution in [3.05, 3.63) is 22.7 Å². The van der Waals surface area contributed by atoms with Gasteiger partial charge in [0.15, 0.2) is 0 Å². The van der Waals surface area contributed by atoms with Crippen LogP contribution in [0.15, 0.2) is 16.9 Å². The molecule has 2 rings (SSSR count). The molecule has 1 aromatic rings. The van der Waals surface area contributed by atoms with E-state index in [1.807, 2.05) is 6.92 Å². The molecule has 3 nitrogen and oxygen atoms in total. The highest BCUT2D eigenvalue weighted by molar-refractivity contribution is 9.10. The van der Waals surface area contributed by atoms with E-state index in [2.05, 4.69) is 32.0 Å². The fraction of sp³-hybridized carbons (Fsp3) is 0.500. The van der Waals surface area contributed by atoms with Gasteiger partial charge >= 0.3 is 0 Å². The van der Waals surface area contributed by atoms with Gasteiger partial charge < -0.3 is 0 Å². The normalized spacial score (nSPS) is 30.5. The van der Waals surface area contributed by atoms with E-state index in [-0.39, 0.29) is 5.41 Å². The predicted molar refractivity (Wildman–Crippen MR) is 55.4 cm³/mol. The summed E-state index contributed by atoms with van der Waals surface area (Å²) in [5.41, 5.74) is -0.152.